The van der Waals surface area contributed by atoms with E-state index in [1.54, 1.807) is 32.0 Å². The van der Waals surface area contributed by atoms with E-state index < -0.39 is 11.4 Å². The second-order valence-corrected chi connectivity index (χ2v) is 4.49. The maximum atomic E-state index is 10.9. The number of ether oxygens (including phenoxy) is 2. The van der Waals surface area contributed by atoms with Gasteiger partial charge in [-0.05, 0) is 26.0 Å². The SMILES string of the molecule is COc1cc(C#N)cc(OCC(C)(C)C(=O)O)c1. The van der Waals surface area contributed by atoms with Crippen LogP contribution in [-0.4, -0.2) is 24.8 Å². The third kappa shape index (κ3) is 3.39. The predicted molar refractivity (Wildman–Crippen MR) is 64.6 cm³/mol. The first-order valence-corrected chi connectivity index (χ1v) is 5.34. The van der Waals surface area contributed by atoms with E-state index in [4.69, 9.17) is 19.8 Å². The van der Waals surface area contributed by atoms with Gasteiger partial charge in [0, 0.05) is 6.07 Å². The van der Waals surface area contributed by atoms with Gasteiger partial charge in [-0.1, -0.05) is 0 Å². The third-order valence-electron chi connectivity index (χ3n) is 2.42. The molecule has 1 rings (SSSR count). The number of aliphatic carboxylic acids is 1. The summed E-state index contributed by atoms with van der Waals surface area (Å²) in [6.07, 6.45) is 0. The van der Waals surface area contributed by atoms with Crippen molar-refractivity contribution >= 4 is 5.97 Å². The standard InChI is InChI=1S/C13H15NO4/c1-13(2,12(15)16)8-18-11-5-9(7-14)4-10(6-11)17-3/h4-6H,8H2,1-3H3,(H,15,16). The molecule has 0 saturated heterocycles. The van der Waals surface area contributed by atoms with E-state index in [1.807, 2.05) is 6.07 Å². The van der Waals surface area contributed by atoms with Crippen molar-refractivity contribution in [2.45, 2.75) is 13.8 Å². The number of carboxylic acid groups (broad SMARTS) is 1. The Bertz CT molecular complexity index is 488. The molecule has 0 fully saturated rings. The number of nitrogens with zero attached hydrogens (tertiary/aromatic N) is 1. The molecule has 0 atom stereocenters. The summed E-state index contributed by atoms with van der Waals surface area (Å²) in [5.41, 5.74) is -0.590. The van der Waals surface area contributed by atoms with E-state index in [0.717, 1.165) is 0 Å². The highest BCUT2D eigenvalue weighted by molar-refractivity contribution is 5.73. The molecule has 0 aliphatic rings. The summed E-state index contributed by atoms with van der Waals surface area (Å²) >= 11 is 0. The van der Waals surface area contributed by atoms with Crippen molar-refractivity contribution in [1.82, 2.24) is 0 Å². The Morgan fingerprint density at radius 2 is 2.00 bits per heavy atom. The minimum atomic E-state index is -0.990. The van der Waals surface area contributed by atoms with Crippen LogP contribution in [0, 0.1) is 16.7 Å². The summed E-state index contributed by atoms with van der Waals surface area (Å²) in [5.74, 6) is -0.0247. The number of carbonyl (C=O) groups is 1. The van der Waals surface area contributed by atoms with Crippen LogP contribution in [0.2, 0.25) is 0 Å². The molecule has 0 amide bonds. The minimum Gasteiger partial charge on any atom is -0.497 e. The van der Waals surface area contributed by atoms with Gasteiger partial charge in [-0.3, -0.25) is 4.79 Å². The van der Waals surface area contributed by atoms with E-state index in [0.29, 0.717) is 17.1 Å². The fourth-order valence-corrected chi connectivity index (χ4v) is 1.16. The first-order chi connectivity index (χ1) is 8.39. The molecule has 5 nitrogen and oxygen atoms in total. The van der Waals surface area contributed by atoms with Gasteiger partial charge in [0.1, 0.15) is 18.1 Å². The van der Waals surface area contributed by atoms with E-state index in [1.165, 1.54) is 7.11 Å². The van der Waals surface area contributed by atoms with Gasteiger partial charge < -0.3 is 14.6 Å². The Labute approximate surface area is 106 Å². The van der Waals surface area contributed by atoms with Gasteiger partial charge in [-0.25, -0.2) is 0 Å². The van der Waals surface area contributed by atoms with Gasteiger partial charge in [0.25, 0.3) is 0 Å². The second kappa shape index (κ2) is 5.41. The van der Waals surface area contributed by atoms with Crippen LogP contribution in [-0.2, 0) is 4.79 Å². The number of methoxy groups -OCH3 is 1. The zero-order valence-electron chi connectivity index (χ0n) is 10.6. The largest absolute Gasteiger partial charge is 0.497 e. The molecule has 0 unspecified atom stereocenters. The highest BCUT2D eigenvalue weighted by Gasteiger charge is 2.28. The van der Waals surface area contributed by atoms with Crippen molar-refractivity contribution in [3.8, 4) is 17.6 Å². The summed E-state index contributed by atoms with van der Waals surface area (Å²) in [6, 6.07) is 6.72. The first kappa shape index (κ1) is 13.8. The Morgan fingerprint density at radius 3 is 2.50 bits per heavy atom. The molecule has 0 heterocycles. The van der Waals surface area contributed by atoms with Crippen molar-refractivity contribution in [3.63, 3.8) is 0 Å². The summed E-state index contributed by atoms with van der Waals surface area (Å²) in [4.78, 5) is 10.9. The molecule has 1 N–H and O–H groups in total. The van der Waals surface area contributed by atoms with Gasteiger partial charge in [-0.2, -0.15) is 5.26 Å². The molecule has 5 heteroatoms. The van der Waals surface area contributed by atoms with E-state index >= 15 is 0 Å². The van der Waals surface area contributed by atoms with Crippen molar-refractivity contribution in [2.24, 2.45) is 5.41 Å². The second-order valence-electron chi connectivity index (χ2n) is 4.49. The van der Waals surface area contributed by atoms with Crippen LogP contribution in [0.25, 0.3) is 0 Å². The molecule has 0 bridgehead atoms. The van der Waals surface area contributed by atoms with E-state index in [9.17, 15) is 4.79 Å². The normalized spacial score (nSPS) is 10.6. The minimum absolute atomic E-state index is 0.0143. The quantitative estimate of drug-likeness (QED) is 0.863. The lowest BCUT2D eigenvalue weighted by Crippen LogP contribution is -2.30. The van der Waals surface area contributed by atoms with Crippen LogP contribution in [0.5, 0.6) is 11.5 Å². The molecule has 0 aliphatic carbocycles. The summed E-state index contributed by atoms with van der Waals surface area (Å²) in [5, 5.41) is 17.8. The maximum absolute atomic E-state index is 10.9. The van der Waals surface area contributed by atoms with Crippen LogP contribution in [0.3, 0.4) is 0 Å². The highest BCUT2D eigenvalue weighted by Crippen LogP contribution is 2.24. The smallest absolute Gasteiger partial charge is 0.312 e. The lowest BCUT2D eigenvalue weighted by Gasteiger charge is -2.19. The average Bonchev–Trinajstić information content (AvgIpc) is 2.35. The summed E-state index contributed by atoms with van der Waals surface area (Å²) in [7, 11) is 1.49. The molecule has 1 aromatic rings. The molecule has 0 spiro atoms. The third-order valence-corrected chi connectivity index (χ3v) is 2.42. The molecule has 1 aromatic carbocycles. The van der Waals surface area contributed by atoms with Gasteiger partial charge in [0.15, 0.2) is 0 Å². The molecule has 0 aliphatic heterocycles. The van der Waals surface area contributed by atoms with Gasteiger partial charge in [0.05, 0.1) is 24.2 Å². The van der Waals surface area contributed by atoms with Crippen molar-refractivity contribution in [2.75, 3.05) is 13.7 Å². The molecular weight excluding hydrogens is 234 g/mol. The Hall–Kier alpha value is -2.22. The fourth-order valence-electron chi connectivity index (χ4n) is 1.16. The molecule has 0 saturated carbocycles. The average molecular weight is 249 g/mol. The first-order valence-electron chi connectivity index (χ1n) is 5.34. The Balaban J connectivity index is 2.85. The number of rotatable bonds is 5. The molecule has 0 radical (unpaired) electrons. The molecule has 0 aromatic heterocycles. The van der Waals surface area contributed by atoms with Crippen LogP contribution in [0.1, 0.15) is 19.4 Å². The van der Waals surface area contributed by atoms with Crippen LogP contribution >= 0.6 is 0 Å². The zero-order valence-corrected chi connectivity index (χ0v) is 10.6. The molecule has 18 heavy (non-hydrogen) atoms. The van der Waals surface area contributed by atoms with E-state index in [2.05, 4.69) is 0 Å². The number of nitriles is 1. The summed E-state index contributed by atoms with van der Waals surface area (Å²) < 4.78 is 10.4. The van der Waals surface area contributed by atoms with Crippen molar-refractivity contribution in [3.05, 3.63) is 23.8 Å². The summed E-state index contributed by atoms with van der Waals surface area (Å²) in [6.45, 7) is 3.15. The van der Waals surface area contributed by atoms with Crippen LogP contribution in [0.15, 0.2) is 18.2 Å². The fraction of sp³-hybridized carbons (Fsp3) is 0.385. The van der Waals surface area contributed by atoms with E-state index in [-0.39, 0.29) is 6.61 Å². The van der Waals surface area contributed by atoms with Crippen molar-refractivity contribution in [1.29, 1.82) is 5.26 Å². The number of hydrogen-bond acceptors (Lipinski definition) is 4. The topological polar surface area (TPSA) is 79.5 Å². The zero-order chi connectivity index (χ0) is 13.8. The number of carboxylic acids is 1. The predicted octanol–water partition coefficient (Wildman–Crippen LogP) is 2.06. The maximum Gasteiger partial charge on any atom is 0.312 e. The Kier molecular flexibility index (Phi) is 4.16. The van der Waals surface area contributed by atoms with Gasteiger partial charge in [-0.15, -0.1) is 0 Å². The molecular formula is C13H15NO4. The highest BCUT2D eigenvalue weighted by atomic mass is 16.5. The van der Waals surface area contributed by atoms with Crippen LogP contribution in [0.4, 0.5) is 0 Å². The lowest BCUT2D eigenvalue weighted by atomic mass is 9.95. The number of hydrogen-bond donors (Lipinski definition) is 1. The Morgan fingerprint density at radius 1 is 1.39 bits per heavy atom. The van der Waals surface area contributed by atoms with Crippen LogP contribution < -0.4 is 9.47 Å². The number of benzene rings is 1. The van der Waals surface area contributed by atoms with Gasteiger partial charge in [0.2, 0.25) is 0 Å². The monoisotopic (exact) mass is 249 g/mol. The molecule has 96 valence electrons. The lowest BCUT2D eigenvalue weighted by molar-refractivity contribution is -0.148. The van der Waals surface area contributed by atoms with Crippen molar-refractivity contribution < 1.29 is 19.4 Å². The van der Waals surface area contributed by atoms with Gasteiger partial charge >= 0.3 is 5.97 Å².